The molecule has 25 heavy (non-hydrogen) atoms. The Bertz CT molecular complexity index is 539. The molecule has 1 aromatic heterocycles. The molecule has 3 atom stereocenters. The average molecular weight is 367 g/mol. The van der Waals surface area contributed by atoms with Crippen molar-refractivity contribution in [2.45, 2.75) is 49.9 Å². The van der Waals surface area contributed by atoms with Crippen LogP contribution in [0.3, 0.4) is 0 Å². The second kappa shape index (κ2) is 10.1. The summed E-state index contributed by atoms with van der Waals surface area (Å²) in [4.78, 5) is 6.65. The summed E-state index contributed by atoms with van der Waals surface area (Å²) < 4.78 is 1.85. The maximum atomic E-state index is 4.43. The number of aryl methyl sites for hydroxylation is 1. The number of rotatable bonds is 7. The van der Waals surface area contributed by atoms with Crippen LogP contribution >= 0.6 is 11.8 Å². The van der Waals surface area contributed by atoms with Crippen LogP contribution in [0.2, 0.25) is 0 Å². The Morgan fingerprint density at radius 1 is 1.48 bits per heavy atom. The SMILES string of the molecule is CCSC1CCCC(NC(=NC)NCC(c2cnn(C)c2)N(C)C)C1. The molecule has 1 fully saturated rings. The Morgan fingerprint density at radius 3 is 2.88 bits per heavy atom. The molecule has 1 heterocycles. The summed E-state index contributed by atoms with van der Waals surface area (Å²) >= 11 is 2.10. The van der Waals surface area contributed by atoms with Gasteiger partial charge in [0.05, 0.1) is 12.2 Å². The average Bonchev–Trinajstić information content (AvgIpc) is 3.00. The minimum Gasteiger partial charge on any atom is -0.354 e. The van der Waals surface area contributed by atoms with Gasteiger partial charge in [-0.3, -0.25) is 9.67 Å². The van der Waals surface area contributed by atoms with Gasteiger partial charge in [-0.15, -0.1) is 0 Å². The standard InChI is InChI=1S/C18H34N6S/c1-6-25-16-9-7-8-15(10-16)22-18(19-2)20-12-17(23(3)4)14-11-21-24(5)13-14/h11,13,15-17H,6-10,12H2,1-5H3,(H2,19,20,22). The quantitative estimate of drug-likeness (QED) is 0.573. The summed E-state index contributed by atoms with van der Waals surface area (Å²) in [6.45, 7) is 3.06. The van der Waals surface area contributed by atoms with E-state index in [2.05, 4.69) is 64.6 Å². The lowest BCUT2D eigenvalue weighted by molar-refractivity contribution is 0.297. The maximum absolute atomic E-state index is 4.43. The fourth-order valence-corrected chi connectivity index (χ4v) is 4.63. The van der Waals surface area contributed by atoms with Crippen LogP contribution in [0.25, 0.3) is 0 Å². The number of aromatic nitrogens is 2. The summed E-state index contributed by atoms with van der Waals surface area (Å²) in [7, 11) is 8.01. The number of hydrogen-bond donors (Lipinski definition) is 2. The van der Waals surface area contributed by atoms with E-state index in [0.717, 1.165) is 17.8 Å². The highest BCUT2D eigenvalue weighted by atomic mass is 32.2. The summed E-state index contributed by atoms with van der Waals surface area (Å²) in [5, 5.41) is 12.2. The van der Waals surface area contributed by atoms with Gasteiger partial charge in [0, 0.05) is 43.7 Å². The predicted molar refractivity (Wildman–Crippen MR) is 108 cm³/mol. The number of guanidine groups is 1. The highest BCUT2D eigenvalue weighted by Crippen LogP contribution is 2.28. The zero-order chi connectivity index (χ0) is 18.2. The van der Waals surface area contributed by atoms with Crippen molar-refractivity contribution in [1.82, 2.24) is 25.3 Å². The third-order valence-electron chi connectivity index (χ3n) is 4.79. The number of nitrogens with one attached hydrogen (secondary N) is 2. The molecule has 1 aromatic rings. The lowest BCUT2D eigenvalue weighted by Gasteiger charge is -2.31. The van der Waals surface area contributed by atoms with Gasteiger partial charge in [-0.1, -0.05) is 13.3 Å². The van der Waals surface area contributed by atoms with Gasteiger partial charge < -0.3 is 15.5 Å². The summed E-state index contributed by atoms with van der Waals surface area (Å²) in [5.74, 6) is 2.11. The van der Waals surface area contributed by atoms with Crippen LogP contribution < -0.4 is 10.6 Å². The van der Waals surface area contributed by atoms with Gasteiger partial charge in [-0.2, -0.15) is 16.9 Å². The highest BCUT2D eigenvalue weighted by Gasteiger charge is 2.23. The molecule has 0 bridgehead atoms. The molecule has 6 nitrogen and oxygen atoms in total. The molecule has 0 aromatic carbocycles. The van der Waals surface area contributed by atoms with Gasteiger partial charge in [0.1, 0.15) is 0 Å². The van der Waals surface area contributed by atoms with E-state index in [1.165, 1.54) is 37.0 Å². The van der Waals surface area contributed by atoms with E-state index in [9.17, 15) is 0 Å². The Morgan fingerprint density at radius 2 is 2.28 bits per heavy atom. The molecule has 1 aliphatic rings. The normalized spacial score (nSPS) is 22.9. The van der Waals surface area contributed by atoms with Crippen molar-refractivity contribution in [1.29, 1.82) is 0 Å². The van der Waals surface area contributed by atoms with Gasteiger partial charge in [-0.05, 0) is 39.1 Å². The molecule has 0 aliphatic heterocycles. The second-order valence-corrected chi connectivity index (χ2v) is 8.54. The maximum Gasteiger partial charge on any atom is 0.191 e. The van der Waals surface area contributed by atoms with Crippen LogP contribution in [0, 0.1) is 0 Å². The minimum atomic E-state index is 0.266. The largest absolute Gasteiger partial charge is 0.354 e. The van der Waals surface area contributed by atoms with E-state index in [0.29, 0.717) is 6.04 Å². The van der Waals surface area contributed by atoms with E-state index in [1.54, 1.807) is 0 Å². The molecule has 1 aliphatic carbocycles. The van der Waals surface area contributed by atoms with E-state index >= 15 is 0 Å². The Kier molecular flexibility index (Phi) is 8.09. The van der Waals surface area contributed by atoms with Crippen LogP contribution in [-0.4, -0.2) is 65.4 Å². The van der Waals surface area contributed by atoms with Crippen LogP contribution in [0.5, 0.6) is 0 Å². The van der Waals surface area contributed by atoms with E-state index < -0.39 is 0 Å². The van der Waals surface area contributed by atoms with Crippen molar-refractivity contribution in [3.05, 3.63) is 18.0 Å². The minimum absolute atomic E-state index is 0.266. The molecular weight excluding hydrogens is 332 g/mol. The molecule has 0 radical (unpaired) electrons. The van der Waals surface area contributed by atoms with E-state index in [1.807, 2.05) is 25.0 Å². The molecule has 2 N–H and O–H groups in total. The topological polar surface area (TPSA) is 57.5 Å². The zero-order valence-corrected chi connectivity index (χ0v) is 17.1. The van der Waals surface area contributed by atoms with Crippen LogP contribution in [0.4, 0.5) is 0 Å². The number of aliphatic imine (C=N–C) groups is 1. The van der Waals surface area contributed by atoms with Crippen LogP contribution in [-0.2, 0) is 7.05 Å². The molecule has 0 saturated heterocycles. The summed E-state index contributed by atoms with van der Waals surface area (Å²) in [5.41, 5.74) is 1.22. The van der Waals surface area contributed by atoms with Crippen molar-refractivity contribution in [2.75, 3.05) is 33.4 Å². The second-order valence-electron chi connectivity index (χ2n) is 6.97. The third kappa shape index (κ3) is 6.22. The number of hydrogen-bond acceptors (Lipinski definition) is 4. The zero-order valence-electron chi connectivity index (χ0n) is 16.3. The number of thioether (sulfide) groups is 1. The fourth-order valence-electron chi connectivity index (χ4n) is 3.46. The van der Waals surface area contributed by atoms with Crippen molar-refractivity contribution in [2.24, 2.45) is 12.0 Å². The smallest absolute Gasteiger partial charge is 0.191 e. The predicted octanol–water partition coefficient (Wildman–Crippen LogP) is 2.25. The van der Waals surface area contributed by atoms with Crippen LogP contribution in [0.1, 0.15) is 44.2 Å². The molecule has 2 rings (SSSR count). The van der Waals surface area contributed by atoms with Crippen molar-refractivity contribution in [3.63, 3.8) is 0 Å². The first-order valence-electron chi connectivity index (χ1n) is 9.27. The van der Waals surface area contributed by atoms with Gasteiger partial charge in [-0.25, -0.2) is 0 Å². The van der Waals surface area contributed by atoms with Gasteiger partial charge >= 0.3 is 0 Å². The van der Waals surface area contributed by atoms with Crippen molar-refractivity contribution in [3.8, 4) is 0 Å². The summed E-state index contributed by atoms with van der Waals surface area (Å²) in [6.07, 6.45) is 9.15. The third-order valence-corrected chi connectivity index (χ3v) is 6.02. The fraction of sp³-hybridized carbons (Fsp3) is 0.778. The van der Waals surface area contributed by atoms with Gasteiger partial charge in [0.25, 0.3) is 0 Å². The first-order valence-corrected chi connectivity index (χ1v) is 10.3. The van der Waals surface area contributed by atoms with E-state index in [-0.39, 0.29) is 6.04 Å². The first kappa shape index (κ1) is 20.1. The van der Waals surface area contributed by atoms with Crippen LogP contribution in [0.15, 0.2) is 17.4 Å². The molecular formula is C18H34N6S. The molecule has 0 spiro atoms. The number of likely N-dealkylation sites (N-methyl/N-ethyl adjacent to an activating group) is 1. The summed E-state index contributed by atoms with van der Waals surface area (Å²) in [6, 6.07) is 0.794. The molecule has 3 unspecified atom stereocenters. The van der Waals surface area contributed by atoms with Crippen molar-refractivity contribution < 1.29 is 0 Å². The van der Waals surface area contributed by atoms with Gasteiger partial charge in [0.2, 0.25) is 0 Å². The Labute approximate surface area is 156 Å². The highest BCUT2D eigenvalue weighted by molar-refractivity contribution is 7.99. The lowest BCUT2D eigenvalue weighted by Crippen LogP contribution is -2.47. The number of nitrogens with zero attached hydrogens (tertiary/aromatic N) is 4. The Hall–Kier alpha value is -1.21. The van der Waals surface area contributed by atoms with E-state index in [4.69, 9.17) is 0 Å². The molecule has 7 heteroatoms. The molecule has 0 amide bonds. The Balaban J connectivity index is 1.88. The molecule has 1 saturated carbocycles. The first-order chi connectivity index (χ1) is 12.0. The lowest BCUT2D eigenvalue weighted by atomic mass is 9.95. The van der Waals surface area contributed by atoms with Crippen molar-refractivity contribution >= 4 is 17.7 Å². The van der Waals surface area contributed by atoms with Gasteiger partial charge in [0.15, 0.2) is 5.96 Å². The molecule has 142 valence electrons. The monoisotopic (exact) mass is 366 g/mol.